The molecule has 1 aromatic rings. The summed E-state index contributed by atoms with van der Waals surface area (Å²) in [6.45, 7) is 0.359. The van der Waals surface area contributed by atoms with E-state index in [-0.39, 0.29) is 5.91 Å². The number of carbonyl (C=O) groups excluding carboxylic acids is 1. The van der Waals surface area contributed by atoms with Gasteiger partial charge in [-0.3, -0.25) is 4.79 Å². The molecule has 1 saturated carbocycles. The van der Waals surface area contributed by atoms with Crippen molar-refractivity contribution in [3.05, 3.63) is 23.8 Å². The van der Waals surface area contributed by atoms with Crippen molar-refractivity contribution in [3.63, 3.8) is 0 Å². The van der Waals surface area contributed by atoms with E-state index in [0.29, 0.717) is 23.5 Å². The third-order valence-electron chi connectivity index (χ3n) is 3.76. The van der Waals surface area contributed by atoms with Crippen molar-refractivity contribution in [1.29, 1.82) is 5.26 Å². The Morgan fingerprint density at radius 2 is 2.32 bits per heavy atom. The molecule has 1 fully saturated rings. The lowest BCUT2D eigenvalue weighted by Gasteiger charge is -2.39. The van der Waals surface area contributed by atoms with E-state index in [0.717, 1.165) is 19.3 Å². The van der Waals surface area contributed by atoms with Crippen molar-refractivity contribution in [1.82, 2.24) is 0 Å². The van der Waals surface area contributed by atoms with Crippen molar-refractivity contribution in [3.8, 4) is 11.8 Å². The first-order valence-electron chi connectivity index (χ1n) is 6.25. The van der Waals surface area contributed by atoms with Gasteiger partial charge in [-0.15, -0.1) is 0 Å². The van der Waals surface area contributed by atoms with Crippen LogP contribution in [-0.4, -0.2) is 19.6 Å². The molecule has 19 heavy (non-hydrogen) atoms. The van der Waals surface area contributed by atoms with E-state index in [4.69, 9.17) is 15.7 Å². The SMILES string of the molecule is COc1cc(C#N)ccc1NC(=O)C1(CN)CCC1. The number of methoxy groups -OCH3 is 1. The van der Waals surface area contributed by atoms with Crippen LogP contribution in [-0.2, 0) is 4.79 Å². The molecule has 5 heteroatoms. The summed E-state index contributed by atoms with van der Waals surface area (Å²) in [7, 11) is 1.51. The summed E-state index contributed by atoms with van der Waals surface area (Å²) in [6.07, 6.45) is 2.69. The minimum atomic E-state index is -0.432. The molecule has 2 rings (SSSR count). The molecule has 0 atom stereocenters. The van der Waals surface area contributed by atoms with Gasteiger partial charge in [-0.05, 0) is 25.0 Å². The van der Waals surface area contributed by atoms with Gasteiger partial charge < -0.3 is 15.8 Å². The second kappa shape index (κ2) is 5.29. The van der Waals surface area contributed by atoms with Gasteiger partial charge in [0.1, 0.15) is 5.75 Å². The number of nitrogens with zero attached hydrogens (tertiary/aromatic N) is 1. The van der Waals surface area contributed by atoms with Gasteiger partial charge in [-0.2, -0.15) is 5.26 Å². The number of benzene rings is 1. The first-order valence-corrected chi connectivity index (χ1v) is 6.25. The van der Waals surface area contributed by atoms with Gasteiger partial charge >= 0.3 is 0 Å². The fourth-order valence-electron chi connectivity index (χ4n) is 2.25. The number of hydrogen-bond acceptors (Lipinski definition) is 4. The minimum absolute atomic E-state index is 0.0655. The zero-order valence-corrected chi connectivity index (χ0v) is 10.9. The molecule has 100 valence electrons. The van der Waals surface area contributed by atoms with Gasteiger partial charge in [0.25, 0.3) is 0 Å². The maximum Gasteiger partial charge on any atom is 0.231 e. The minimum Gasteiger partial charge on any atom is -0.495 e. The maximum atomic E-state index is 12.3. The highest BCUT2D eigenvalue weighted by atomic mass is 16.5. The number of amides is 1. The van der Waals surface area contributed by atoms with Gasteiger partial charge in [-0.1, -0.05) is 6.42 Å². The fourth-order valence-corrected chi connectivity index (χ4v) is 2.25. The standard InChI is InChI=1S/C14H17N3O2/c1-19-12-7-10(8-15)3-4-11(12)17-13(18)14(9-16)5-2-6-14/h3-4,7H,2,5-6,9,16H2,1H3,(H,17,18). The Bertz CT molecular complexity index is 524. The summed E-state index contributed by atoms with van der Waals surface area (Å²) in [6, 6.07) is 6.96. The van der Waals surface area contributed by atoms with E-state index in [9.17, 15) is 4.79 Å². The van der Waals surface area contributed by atoms with E-state index in [1.54, 1.807) is 18.2 Å². The van der Waals surface area contributed by atoms with Crippen LogP contribution in [0.3, 0.4) is 0 Å². The first-order chi connectivity index (χ1) is 9.15. The van der Waals surface area contributed by atoms with E-state index in [1.165, 1.54) is 7.11 Å². The molecule has 1 aromatic carbocycles. The monoisotopic (exact) mass is 259 g/mol. The van der Waals surface area contributed by atoms with Crippen molar-refractivity contribution in [2.75, 3.05) is 19.0 Å². The highest BCUT2D eigenvalue weighted by Crippen LogP contribution is 2.41. The second-order valence-corrected chi connectivity index (χ2v) is 4.82. The van der Waals surface area contributed by atoms with Crippen LogP contribution >= 0.6 is 0 Å². The zero-order valence-electron chi connectivity index (χ0n) is 10.9. The first kappa shape index (κ1) is 13.4. The predicted octanol–water partition coefficient (Wildman–Crippen LogP) is 1.63. The molecule has 0 bridgehead atoms. The van der Waals surface area contributed by atoms with Gasteiger partial charge in [0.15, 0.2) is 0 Å². The molecule has 0 heterocycles. The average Bonchev–Trinajstić information content (AvgIpc) is 2.38. The number of nitriles is 1. The van der Waals surface area contributed by atoms with Crippen molar-refractivity contribution < 1.29 is 9.53 Å². The molecular formula is C14H17N3O2. The van der Waals surface area contributed by atoms with E-state index < -0.39 is 5.41 Å². The van der Waals surface area contributed by atoms with Gasteiger partial charge in [0, 0.05) is 12.6 Å². The third-order valence-corrected chi connectivity index (χ3v) is 3.76. The highest BCUT2D eigenvalue weighted by molar-refractivity contribution is 5.97. The molecule has 0 aliphatic heterocycles. The molecule has 0 spiro atoms. The summed E-state index contributed by atoms with van der Waals surface area (Å²) in [5.41, 5.74) is 6.34. The maximum absolute atomic E-state index is 12.3. The quantitative estimate of drug-likeness (QED) is 0.860. The summed E-state index contributed by atoms with van der Waals surface area (Å²) in [5.74, 6) is 0.420. The smallest absolute Gasteiger partial charge is 0.231 e. The number of carbonyl (C=O) groups is 1. The summed E-state index contributed by atoms with van der Waals surface area (Å²) >= 11 is 0. The van der Waals surface area contributed by atoms with Crippen molar-refractivity contribution in [2.24, 2.45) is 11.1 Å². The van der Waals surface area contributed by atoms with Gasteiger partial charge in [-0.25, -0.2) is 0 Å². The average molecular weight is 259 g/mol. The Hall–Kier alpha value is -2.06. The molecule has 3 N–H and O–H groups in total. The molecule has 0 radical (unpaired) electrons. The van der Waals surface area contributed by atoms with Gasteiger partial charge in [0.2, 0.25) is 5.91 Å². The summed E-state index contributed by atoms with van der Waals surface area (Å²) in [5, 5.41) is 11.7. The lowest BCUT2D eigenvalue weighted by atomic mass is 9.68. The number of rotatable bonds is 4. The Morgan fingerprint density at radius 3 is 2.79 bits per heavy atom. The van der Waals surface area contributed by atoms with Crippen molar-refractivity contribution in [2.45, 2.75) is 19.3 Å². The Labute approximate surface area is 112 Å². The Balaban J connectivity index is 2.19. The van der Waals surface area contributed by atoms with Gasteiger partial charge in [0.05, 0.1) is 29.8 Å². The van der Waals surface area contributed by atoms with E-state index >= 15 is 0 Å². The third kappa shape index (κ3) is 2.40. The normalized spacial score (nSPS) is 16.1. The number of ether oxygens (including phenoxy) is 1. The molecular weight excluding hydrogens is 242 g/mol. The molecule has 0 saturated heterocycles. The largest absolute Gasteiger partial charge is 0.495 e. The van der Waals surface area contributed by atoms with Crippen LogP contribution in [0.5, 0.6) is 5.75 Å². The van der Waals surface area contributed by atoms with Crippen LogP contribution in [0.2, 0.25) is 0 Å². The predicted molar refractivity (Wildman–Crippen MR) is 71.7 cm³/mol. The topological polar surface area (TPSA) is 88.1 Å². The van der Waals surface area contributed by atoms with Crippen LogP contribution in [0.25, 0.3) is 0 Å². The lowest BCUT2D eigenvalue weighted by molar-refractivity contribution is -0.129. The Kier molecular flexibility index (Phi) is 3.72. The van der Waals surface area contributed by atoms with Crippen LogP contribution < -0.4 is 15.8 Å². The number of nitrogens with one attached hydrogen (secondary N) is 1. The van der Waals surface area contributed by atoms with Crippen LogP contribution in [0.1, 0.15) is 24.8 Å². The number of anilines is 1. The molecule has 0 unspecified atom stereocenters. The highest BCUT2D eigenvalue weighted by Gasteiger charge is 2.42. The van der Waals surface area contributed by atoms with E-state index in [1.807, 2.05) is 6.07 Å². The van der Waals surface area contributed by atoms with Crippen LogP contribution in [0, 0.1) is 16.7 Å². The van der Waals surface area contributed by atoms with Crippen LogP contribution in [0.4, 0.5) is 5.69 Å². The molecule has 1 aliphatic carbocycles. The Morgan fingerprint density at radius 1 is 1.58 bits per heavy atom. The summed E-state index contributed by atoms with van der Waals surface area (Å²) in [4.78, 5) is 12.3. The van der Waals surface area contributed by atoms with Crippen LogP contribution in [0.15, 0.2) is 18.2 Å². The number of nitrogens with two attached hydrogens (primary N) is 1. The fraction of sp³-hybridized carbons (Fsp3) is 0.429. The molecule has 0 aromatic heterocycles. The molecule has 1 amide bonds. The van der Waals surface area contributed by atoms with E-state index in [2.05, 4.69) is 5.32 Å². The zero-order chi connectivity index (χ0) is 13.9. The lowest BCUT2D eigenvalue weighted by Crippen LogP contribution is -2.47. The summed E-state index contributed by atoms with van der Waals surface area (Å²) < 4.78 is 5.19. The molecule has 5 nitrogen and oxygen atoms in total. The van der Waals surface area contributed by atoms with Crippen molar-refractivity contribution >= 4 is 11.6 Å². The molecule has 1 aliphatic rings. The number of hydrogen-bond donors (Lipinski definition) is 2. The second-order valence-electron chi connectivity index (χ2n) is 4.82.